The maximum absolute atomic E-state index is 7.72. The fourth-order valence-electron chi connectivity index (χ4n) is 1.02. The number of amidine groups is 1. The minimum Gasteiger partial charge on any atom is -0.497 e. The zero-order chi connectivity index (χ0) is 10.6. The molecule has 1 aromatic rings. The van der Waals surface area contributed by atoms with Crippen molar-refractivity contribution in [2.24, 2.45) is 0 Å². The third-order valence-electron chi connectivity index (χ3n) is 1.95. The van der Waals surface area contributed by atoms with Crippen LogP contribution in [0.15, 0.2) is 24.3 Å². The van der Waals surface area contributed by atoms with Gasteiger partial charge < -0.3 is 4.74 Å². The van der Waals surface area contributed by atoms with Gasteiger partial charge in [-0.1, -0.05) is 0 Å². The van der Waals surface area contributed by atoms with Gasteiger partial charge in [0.1, 0.15) is 5.75 Å². The second-order valence-corrected chi connectivity index (χ2v) is 2.76. The predicted octanol–water partition coefficient (Wildman–Crippen LogP) is 1.51. The van der Waals surface area contributed by atoms with Crippen molar-refractivity contribution in [1.29, 1.82) is 5.41 Å². The van der Waals surface area contributed by atoms with Crippen molar-refractivity contribution in [2.75, 3.05) is 21.3 Å². The Morgan fingerprint density at radius 2 is 1.79 bits per heavy atom. The normalized spacial score (nSPS) is 9.64. The molecule has 0 bridgehead atoms. The molecular weight excluding hydrogens is 180 g/mol. The van der Waals surface area contributed by atoms with Crippen LogP contribution in [0.1, 0.15) is 5.56 Å². The lowest BCUT2D eigenvalue weighted by molar-refractivity contribution is -0.0418. The first-order valence-corrected chi connectivity index (χ1v) is 4.20. The van der Waals surface area contributed by atoms with Gasteiger partial charge in [0.25, 0.3) is 0 Å². The van der Waals surface area contributed by atoms with Crippen molar-refractivity contribution in [2.45, 2.75) is 0 Å². The number of methoxy groups -OCH3 is 1. The van der Waals surface area contributed by atoms with Crippen LogP contribution >= 0.6 is 0 Å². The van der Waals surface area contributed by atoms with Crippen LogP contribution in [0.25, 0.3) is 0 Å². The lowest BCUT2D eigenvalue weighted by Crippen LogP contribution is -2.25. The van der Waals surface area contributed by atoms with E-state index in [9.17, 15) is 0 Å². The van der Waals surface area contributed by atoms with Crippen LogP contribution < -0.4 is 4.74 Å². The zero-order valence-electron chi connectivity index (χ0n) is 8.57. The SMILES string of the molecule is COc1ccc(C(=N)N(C)OC)cc1. The first-order valence-electron chi connectivity index (χ1n) is 4.20. The highest BCUT2D eigenvalue weighted by Gasteiger charge is 2.05. The summed E-state index contributed by atoms with van der Waals surface area (Å²) in [4.78, 5) is 4.90. The summed E-state index contributed by atoms with van der Waals surface area (Å²) in [6.45, 7) is 0. The highest BCUT2D eigenvalue weighted by atomic mass is 16.7. The van der Waals surface area contributed by atoms with Crippen LogP contribution in [-0.2, 0) is 4.84 Å². The second-order valence-electron chi connectivity index (χ2n) is 2.76. The van der Waals surface area contributed by atoms with Gasteiger partial charge in [0.15, 0.2) is 5.84 Å². The summed E-state index contributed by atoms with van der Waals surface area (Å²) in [5.74, 6) is 1.09. The third-order valence-corrected chi connectivity index (χ3v) is 1.95. The van der Waals surface area contributed by atoms with Gasteiger partial charge in [-0.05, 0) is 24.3 Å². The molecule has 0 spiro atoms. The summed E-state index contributed by atoms with van der Waals surface area (Å²) in [7, 11) is 4.83. The van der Waals surface area contributed by atoms with E-state index < -0.39 is 0 Å². The first kappa shape index (κ1) is 10.5. The van der Waals surface area contributed by atoms with Crippen molar-refractivity contribution in [3.05, 3.63) is 29.8 Å². The van der Waals surface area contributed by atoms with Crippen LogP contribution in [0.4, 0.5) is 0 Å². The maximum atomic E-state index is 7.72. The van der Waals surface area contributed by atoms with Gasteiger partial charge in [0.2, 0.25) is 0 Å². The summed E-state index contributed by atoms with van der Waals surface area (Å²) in [5, 5.41) is 9.11. The highest BCUT2D eigenvalue weighted by molar-refractivity contribution is 5.95. The highest BCUT2D eigenvalue weighted by Crippen LogP contribution is 2.12. The average molecular weight is 194 g/mol. The average Bonchev–Trinajstić information content (AvgIpc) is 2.27. The van der Waals surface area contributed by atoms with Gasteiger partial charge in [0.05, 0.1) is 14.2 Å². The molecule has 0 saturated heterocycles. The number of nitrogens with one attached hydrogen (secondary N) is 1. The number of hydrogen-bond acceptors (Lipinski definition) is 3. The Morgan fingerprint density at radius 1 is 1.21 bits per heavy atom. The van der Waals surface area contributed by atoms with Crippen molar-refractivity contribution < 1.29 is 9.57 Å². The van der Waals surface area contributed by atoms with E-state index >= 15 is 0 Å². The predicted molar refractivity (Wildman–Crippen MR) is 54.6 cm³/mol. The molecule has 0 amide bonds. The molecule has 0 aromatic heterocycles. The largest absolute Gasteiger partial charge is 0.497 e. The molecule has 4 nitrogen and oxygen atoms in total. The fourth-order valence-corrected chi connectivity index (χ4v) is 1.02. The number of ether oxygens (including phenoxy) is 1. The van der Waals surface area contributed by atoms with Gasteiger partial charge >= 0.3 is 0 Å². The van der Waals surface area contributed by atoms with E-state index in [2.05, 4.69) is 0 Å². The molecule has 4 heteroatoms. The minimum atomic E-state index is 0.315. The standard InChI is InChI=1S/C10H14N2O2/c1-12(14-3)10(11)8-4-6-9(13-2)7-5-8/h4-7,11H,1-3H3. The first-order chi connectivity index (χ1) is 6.69. The van der Waals surface area contributed by atoms with Crippen LogP contribution in [0, 0.1) is 5.41 Å². The number of benzene rings is 1. The Kier molecular flexibility index (Phi) is 3.48. The van der Waals surface area contributed by atoms with Gasteiger partial charge in [-0.2, -0.15) is 0 Å². The zero-order valence-corrected chi connectivity index (χ0v) is 8.57. The smallest absolute Gasteiger partial charge is 0.151 e. The second kappa shape index (κ2) is 4.62. The Bertz CT molecular complexity index is 308. The Labute approximate surface area is 83.5 Å². The molecule has 14 heavy (non-hydrogen) atoms. The lowest BCUT2D eigenvalue weighted by atomic mass is 10.2. The third kappa shape index (κ3) is 2.23. The molecule has 0 saturated carbocycles. The van der Waals surface area contributed by atoms with Crippen LogP contribution in [0.3, 0.4) is 0 Å². The van der Waals surface area contributed by atoms with Crippen molar-refractivity contribution >= 4 is 5.84 Å². The van der Waals surface area contributed by atoms with E-state index in [0.717, 1.165) is 11.3 Å². The number of hydrogen-bond donors (Lipinski definition) is 1. The topological polar surface area (TPSA) is 45.5 Å². The van der Waals surface area contributed by atoms with Crippen LogP contribution in [-0.4, -0.2) is 32.2 Å². The van der Waals surface area contributed by atoms with Gasteiger partial charge in [-0.3, -0.25) is 10.2 Å². The summed E-state index contributed by atoms with van der Waals surface area (Å²) in [6.07, 6.45) is 0. The molecule has 0 heterocycles. The van der Waals surface area contributed by atoms with Crippen molar-refractivity contribution in [3.8, 4) is 5.75 Å². The van der Waals surface area contributed by atoms with Crippen molar-refractivity contribution in [1.82, 2.24) is 5.06 Å². The molecule has 0 aliphatic carbocycles. The molecule has 0 fully saturated rings. The molecule has 0 atom stereocenters. The molecule has 0 unspecified atom stereocenters. The molecule has 1 N–H and O–H groups in total. The molecular formula is C10H14N2O2. The Balaban J connectivity index is 2.81. The van der Waals surface area contributed by atoms with Gasteiger partial charge in [-0.25, -0.2) is 5.06 Å². The quantitative estimate of drug-likeness (QED) is 0.450. The van der Waals surface area contributed by atoms with Crippen molar-refractivity contribution in [3.63, 3.8) is 0 Å². The van der Waals surface area contributed by atoms with E-state index in [4.69, 9.17) is 15.0 Å². The van der Waals surface area contributed by atoms with Crippen LogP contribution in [0.2, 0.25) is 0 Å². The number of nitrogens with zero attached hydrogens (tertiary/aromatic N) is 1. The lowest BCUT2D eigenvalue weighted by Gasteiger charge is -2.16. The van der Waals surface area contributed by atoms with Gasteiger partial charge in [-0.15, -0.1) is 0 Å². The molecule has 1 rings (SSSR count). The van der Waals surface area contributed by atoms with E-state index in [1.807, 2.05) is 24.3 Å². The number of hydroxylamine groups is 2. The summed E-state index contributed by atoms with van der Waals surface area (Å²) in [5.41, 5.74) is 0.787. The Hall–Kier alpha value is -1.55. The van der Waals surface area contributed by atoms with E-state index in [0.29, 0.717) is 5.84 Å². The molecule has 0 aliphatic heterocycles. The molecule has 1 aromatic carbocycles. The Morgan fingerprint density at radius 3 is 2.21 bits per heavy atom. The molecule has 0 radical (unpaired) electrons. The summed E-state index contributed by atoms with van der Waals surface area (Å²) < 4.78 is 5.02. The monoisotopic (exact) mass is 194 g/mol. The molecule has 76 valence electrons. The maximum Gasteiger partial charge on any atom is 0.151 e. The number of rotatable bonds is 3. The molecule has 0 aliphatic rings. The van der Waals surface area contributed by atoms with E-state index in [1.54, 1.807) is 14.2 Å². The minimum absolute atomic E-state index is 0.315. The van der Waals surface area contributed by atoms with E-state index in [1.165, 1.54) is 12.2 Å². The van der Waals surface area contributed by atoms with Crippen LogP contribution in [0.5, 0.6) is 5.75 Å². The van der Waals surface area contributed by atoms with Gasteiger partial charge in [0, 0.05) is 12.6 Å². The fraction of sp³-hybridized carbons (Fsp3) is 0.300. The summed E-state index contributed by atoms with van der Waals surface area (Å²) >= 11 is 0. The summed E-state index contributed by atoms with van der Waals surface area (Å²) in [6, 6.07) is 7.26. The van der Waals surface area contributed by atoms with E-state index in [-0.39, 0.29) is 0 Å².